The molecule has 0 saturated carbocycles. The van der Waals surface area contributed by atoms with Gasteiger partial charge in [0.05, 0.1) is 7.11 Å². The van der Waals surface area contributed by atoms with E-state index in [1.807, 2.05) is 39.0 Å². The first kappa shape index (κ1) is 17.6. The van der Waals surface area contributed by atoms with Crippen molar-refractivity contribution in [3.8, 4) is 5.75 Å². The monoisotopic (exact) mass is 320 g/mol. The van der Waals surface area contributed by atoms with E-state index in [-0.39, 0.29) is 12.1 Å². The van der Waals surface area contributed by atoms with Gasteiger partial charge < -0.3 is 20.1 Å². The fourth-order valence-corrected chi connectivity index (χ4v) is 2.87. The third-order valence-corrected chi connectivity index (χ3v) is 4.09. The van der Waals surface area contributed by atoms with Gasteiger partial charge in [-0.3, -0.25) is 0 Å². The Hall–Kier alpha value is -1.75. The second kappa shape index (κ2) is 7.21. The topological polar surface area (TPSA) is 64.8 Å². The Morgan fingerprint density at radius 2 is 2.17 bits per heavy atom. The van der Waals surface area contributed by atoms with Crippen LogP contribution in [0.1, 0.15) is 32.8 Å². The molecule has 1 saturated heterocycles. The second-order valence-electron chi connectivity index (χ2n) is 7.19. The fourth-order valence-electron chi connectivity index (χ4n) is 2.87. The maximum atomic E-state index is 12.1. The van der Waals surface area contributed by atoms with E-state index in [0.717, 1.165) is 24.2 Å². The van der Waals surface area contributed by atoms with Gasteiger partial charge in [0.1, 0.15) is 11.4 Å². The summed E-state index contributed by atoms with van der Waals surface area (Å²) >= 11 is 0. The van der Waals surface area contributed by atoms with Crippen LogP contribution in [0.25, 0.3) is 0 Å². The van der Waals surface area contributed by atoms with Crippen LogP contribution in [0.5, 0.6) is 5.75 Å². The first-order valence-electron chi connectivity index (χ1n) is 8.15. The molecule has 2 atom stereocenters. The van der Waals surface area contributed by atoms with Crippen LogP contribution < -0.4 is 10.5 Å². The largest absolute Gasteiger partial charge is 0.497 e. The molecule has 0 spiro atoms. The summed E-state index contributed by atoms with van der Waals surface area (Å²) < 4.78 is 10.7. The predicted molar refractivity (Wildman–Crippen MR) is 90.6 cm³/mol. The van der Waals surface area contributed by atoms with E-state index in [1.54, 1.807) is 12.0 Å². The van der Waals surface area contributed by atoms with Gasteiger partial charge in [-0.2, -0.15) is 0 Å². The highest BCUT2D eigenvalue weighted by molar-refractivity contribution is 5.68. The number of methoxy groups -OCH3 is 1. The Morgan fingerprint density at radius 1 is 1.43 bits per heavy atom. The smallest absolute Gasteiger partial charge is 0.410 e. The highest BCUT2D eigenvalue weighted by Gasteiger charge is 2.32. The molecule has 2 unspecified atom stereocenters. The van der Waals surface area contributed by atoms with Crippen LogP contribution in [0, 0.1) is 5.92 Å². The lowest BCUT2D eigenvalue weighted by Gasteiger charge is -2.25. The summed E-state index contributed by atoms with van der Waals surface area (Å²) in [5.41, 5.74) is 7.07. The van der Waals surface area contributed by atoms with Gasteiger partial charge in [-0.05, 0) is 57.2 Å². The number of nitrogens with two attached hydrogens (primary N) is 1. The van der Waals surface area contributed by atoms with Crippen molar-refractivity contribution in [2.75, 3.05) is 20.2 Å². The van der Waals surface area contributed by atoms with Gasteiger partial charge in [-0.15, -0.1) is 0 Å². The minimum absolute atomic E-state index is 0.0227. The molecule has 0 aromatic heterocycles. The summed E-state index contributed by atoms with van der Waals surface area (Å²) in [6.07, 6.45) is 1.46. The number of hydrogen-bond donors (Lipinski definition) is 1. The zero-order chi connectivity index (χ0) is 17.0. The summed E-state index contributed by atoms with van der Waals surface area (Å²) in [5, 5.41) is 0. The Bertz CT molecular complexity index is 539. The summed E-state index contributed by atoms with van der Waals surface area (Å²) in [4.78, 5) is 13.9. The van der Waals surface area contributed by atoms with Crippen LogP contribution in [0.15, 0.2) is 24.3 Å². The van der Waals surface area contributed by atoms with Gasteiger partial charge in [-0.1, -0.05) is 12.1 Å². The SMILES string of the molecule is COc1cccc(CC(N)C2CCN(C(=O)OC(C)(C)C)C2)c1. The Labute approximate surface area is 138 Å². The third kappa shape index (κ3) is 5.13. The minimum atomic E-state index is -0.460. The van der Waals surface area contributed by atoms with Crippen LogP contribution in [0.3, 0.4) is 0 Å². The van der Waals surface area contributed by atoms with Gasteiger partial charge in [0.2, 0.25) is 0 Å². The van der Waals surface area contributed by atoms with Crippen molar-refractivity contribution in [2.24, 2.45) is 11.7 Å². The Balaban J connectivity index is 1.89. The number of carbonyl (C=O) groups excluding carboxylic acids is 1. The van der Waals surface area contributed by atoms with Crippen molar-refractivity contribution >= 4 is 6.09 Å². The number of nitrogens with zero attached hydrogens (tertiary/aromatic N) is 1. The van der Waals surface area contributed by atoms with Gasteiger partial charge in [0.25, 0.3) is 0 Å². The standard InChI is InChI=1S/C18H28N2O3/c1-18(2,3)23-17(21)20-9-8-14(12-20)16(19)11-13-6-5-7-15(10-13)22-4/h5-7,10,14,16H,8-9,11-12,19H2,1-4H3. The summed E-state index contributed by atoms with van der Waals surface area (Å²) in [6, 6.07) is 8.00. The molecule has 5 nitrogen and oxygen atoms in total. The maximum absolute atomic E-state index is 12.1. The number of hydrogen-bond acceptors (Lipinski definition) is 4. The molecule has 1 heterocycles. The highest BCUT2D eigenvalue weighted by atomic mass is 16.6. The van der Waals surface area contributed by atoms with Crippen LogP contribution in [0.2, 0.25) is 0 Å². The lowest BCUT2D eigenvalue weighted by molar-refractivity contribution is 0.0286. The number of benzene rings is 1. The molecular formula is C18H28N2O3. The van der Waals surface area contributed by atoms with Crippen LogP contribution in [-0.2, 0) is 11.2 Å². The van der Waals surface area contributed by atoms with E-state index in [4.69, 9.17) is 15.2 Å². The summed E-state index contributed by atoms with van der Waals surface area (Å²) in [6.45, 7) is 7.03. The van der Waals surface area contributed by atoms with Crippen molar-refractivity contribution in [1.29, 1.82) is 0 Å². The highest BCUT2D eigenvalue weighted by Crippen LogP contribution is 2.24. The van der Waals surface area contributed by atoms with Gasteiger partial charge in [-0.25, -0.2) is 4.79 Å². The lowest BCUT2D eigenvalue weighted by atomic mass is 9.93. The molecule has 1 aromatic carbocycles. The third-order valence-electron chi connectivity index (χ3n) is 4.09. The van der Waals surface area contributed by atoms with Crippen molar-refractivity contribution in [1.82, 2.24) is 4.90 Å². The Morgan fingerprint density at radius 3 is 2.83 bits per heavy atom. The number of amides is 1. The molecule has 0 bridgehead atoms. The van der Waals surface area contributed by atoms with Crippen LogP contribution in [-0.4, -0.2) is 42.8 Å². The molecule has 1 aliphatic heterocycles. The molecule has 1 fully saturated rings. The molecule has 128 valence electrons. The summed E-state index contributed by atoms with van der Waals surface area (Å²) in [7, 11) is 1.66. The maximum Gasteiger partial charge on any atom is 0.410 e. The van der Waals surface area contributed by atoms with Gasteiger partial charge >= 0.3 is 6.09 Å². The number of ether oxygens (including phenoxy) is 2. The molecule has 0 aliphatic carbocycles. The van der Waals surface area contributed by atoms with Crippen molar-refractivity contribution in [3.63, 3.8) is 0 Å². The Kier molecular flexibility index (Phi) is 5.52. The van der Waals surface area contributed by atoms with E-state index in [0.29, 0.717) is 19.0 Å². The number of carbonyl (C=O) groups is 1. The molecule has 1 aliphatic rings. The number of rotatable bonds is 4. The normalized spacial score (nSPS) is 19.5. The fraction of sp³-hybridized carbons (Fsp3) is 0.611. The van der Waals surface area contributed by atoms with E-state index in [2.05, 4.69) is 6.07 Å². The van der Waals surface area contributed by atoms with Gasteiger partial charge in [0.15, 0.2) is 0 Å². The zero-order valence-electron chi connectivity index (χ0n) is 14.5. The molecular weight excluding hydrogens is 292 g/mol. The molecule has 0 radical (unpaired) electrons. The number of likely N-dealkylation sites (tertiary alicyclic amines) is 1. The molecule has 1 amide bonds. The molecule has 2 N–H and O–H groups in total. The van der Waals surface area contributed by atoms with Crippen LogP contribution in [0.4, 0.5) is 4.79 Å². The average Bonchev–Trinajstić information content (AvgIpc) is 2.95. The second-order valence-corrected chi connectivity index (χ2v) is 7.19. The average molecular weight is 320 g/mol. The molecule has 23 heavy (non-hydrogen) atoms. The van der Waals surface area contributed by atoms with E-state index in [9.17, 15) is 4.79 Å². The van der Waals surface area contributed by atoms with E-state index in [1.165, 1.54) is 0 Å². The zero-order valence-corrected chi connectivity index (χ0v) is 14.5. The quantitative estimate of drug-likeness (QED) is 0.926. The molecule has 1 aromatic rings. The van der Waals surface area contributed by atoms with Gasteiger partial charge in [0, 0.05) is 19.1 Å². The van der Waals surface area contributed by atoms with E-state index < -0.39 is 5.60 Å². The van der Waals surface area contributed by atoms with E-state index >= 15 is 0 Å². The summed E-state index contributed by atoms with van der Waals surface area (Å²) in [5.74, 6) is 1.14. The van der Waals surface area contributed by atoms with Crippen LogP contribution >= 0.6 is 0 Å². The molecule has 2 rings (SSSR count). The molecule has 5 heteroatoms. The van der Waals surface area contributed by atoms with Crippen molar-refractivity contribution < 1.29 is 14.3 Å². The predicted octanol–water partition coefficient (Wildman–Crippen LogP) is 2.82. The first-order chi connectivity index (χ1) is 10.8. The minimum Gasteiger partial charge on any atom is -0.497 e. The van der Waals surface area contributed by atoms with Crippen molar-refractivity contribution in [3.05, 3.63) is 29.8 Å². The first-order valence-corrected chi connectivity index (χ1v) is 8.15. The van der Waals surface area contributed by atoms with Crippen molar-refractivity contribution in [2.45, 2.75) is 45.3 Å². The lowest BCUT2D eigenvalue weighted by Crippen LogP contribution is -2.38.